The average Bonchev–Trinajstić information content (AvgIpc) is 1.92. The van der Waals surface area contributed by atoms with Gasteiger partial charge in [-0.2, -0.15) is 7.05 Å². The Morgan fingerprint density at radius 2 is 1.64 bits per heavy atom. The zero-order valence-corrected chi connectivity index (χ0v) is 11.4. The maximum atomic E-state index is 9.33. The van der Waals surface area contributed by atoms with Crippen LogP contribution in [-0.2, 0) is 0 Å². The normalized spacial score (nSPS) is 20.7. The molecule has 0 aromatic carbocycles. The molecule has 0 radical (unpaired) electrons. The minimum Gasteiger partial charge on any atom is -0.680 e. The van der Waals surface area contributed by atoms with Crippen molar-refractivity contribution < 1.29 is 36.2 Å². The fourth-order valence-corrected chi connectivity index (χ4v) is 0.965. The van der Waals surface area contributed by atoms with Crippen molar-refractivity contribution in [2.75, 3.05) is 20.1 Å². The van der Waals surface area contributed by atoms with Crippen molar-refractivity contribution in [3.63, 3.8) is 0 Å². The first-order valence-electron chi connectivity index (χ1n) is 3.64. The second-order valence-electron chi connectivity index (χ2n) is 2.75. The van der Waals surface area contributed by atoms with Crippen LogP contribution in [0.5, 0.6) is 0 Å². The first-order valence-corrected chi connectivity index (χ1v) is 3.64. The van der Waals surface area contributed by atoms with Crippen LogP contribution in [0.4, 0.5) is 0 Å². The topological polar surface area (TPSA) is 56.1 Å². The van der Waals surface area contributed by atoms with Gasteiger partial charge in [-0.05, 0) is 32.9 Å². The minimum atomic E-state index is -0.384. The standard InChI is InChI=1S/C6H13NO.CH4N.U/c1-6(8)2-4-7-5-3-6;1-2;/h7-8H,2-5H2,1H3;2H,1H3;/q;-1;. The molecular weight excluding hydrogens is 366 g/mol. The summed E-state index contributed by atoms with van der Waals surface area (Å²) in [6.45, 7) is 3.83. The van der Waals surface area contributed by atoms with Crippen molar-refractivity contribution in [1.29, 1.82) is 0 Å². The number of hydrogen-bond donors (Lipinski definition) is 2. The Hall–Kier alpha value is 0.932. The van der Waals surface area contributed by atoms with Crippen molar-refractivity contribution in [2.24, 2.45) is 0 Å². The molecule has 0 spiro atoms. The molecule has 0 saturated carbocycles. The van der Waals surface area contributed by atoms with Crippen LogP contribution in [0.3, 0.4) is 0 Å². The molecule has 0 aliphatic carbocycles. The number of nitrogens with one attached hydrogen (secondary N) is 2. The van der Waals surface area contributed by atoms with Crippen LogP contribution in [0.15, 0.2) is 0 Å². The van der Waals surface area contributed by atoms with Crippen molar-refractivity contribution >= 4 is 0 Å². The Labute approximate surface area is 92.5 Å². The van der Waals surface area contributed by atoms with E-state index in [-0.39, 0.29) is 36.7 Å². The third-order valence-corrected chi connectivity index (χ3v) is 1.68. The molecule has 1 fully saturated rings. The molecule has 0 bridgehead atoms. The summed E-state index contributed by atoms with van der Waals surface area (Å²) in [5, 5.41) is 12.5. The number of hydrogen-bond acceptors (Lipinski definition) is 2. The molecule has 1 rings (SSSR count). The maximum absolute atomic E-state index is 9.33. The van der Waals surface area contributed by atoms with Crippen LogP contribution in [-0.4, -0.2) is 30.8 Å². The van der Waals surface area contributed by atoms with Crippen LogP contribution < -0.4 is 5.32 Å². The number of rotatable bonds is 0. The first kappa shape index (κ1) is 14.5. The Morgan fingerprint density at radius 3 is 1.82 bits per heavy atom. The Balaban J connectivity index is 0. The van der Waals surface area contributed by atoms with Gasteiger partial charge >= 0.3 is 0 Å². The zero-order valence-electron chi connectivity index (χ0n) is 7.28. The summed E-state index contributed by atoms with van der Waals surface area (Å²) in [6.07, 6.45) is 1.79. The monoisotopic (exact) mass is 383 g/mol. The Morgan fingerprint density at radius 1 is 1.27 bits per heavy atom. The molecule has 1 saturated heterocycles. The third kappa shape index (κ3) is 7.30. The SMILES string of the molecule is CC1(O)CCNCC1.C[NH-].[U]. The van der Waals surface area contributed by atoms with Gasteiger partial charge in [-0.3, -0.25) is 0 Å². The molecule has 0 aromatic rings. The molecule has 66 valence electrons. The van der Waals surface area contributed by atoms with Gasteiger partial charge in [0.2, 0.25) is 0 Å². The van der Waals surface area contributed by atoms with E-state index >= 15 is 0 Å². The summed E-state index contributed by atoms with van der Waals surface area (Å²) in [4.78, 5) is 0. The zero-order chi connectivity index (χ0) is 8.04. The molecule has 4 heteroatoms. The van der Waals surface area contributed by atoms with E-state index in [4.69, 9.17) is 5.73 Å². The summed E-state index contributed by atoms with van der Waals surface area (Å²) in [5.74, 6) is 0. The van der Waals surface area contributed by atoms with Crippen molar-refractivity contribution in [3.05, 3.63) is 5.73 Å². The Kier molecular flexibility index (Phi) is 9.95. The van der Waals surface area contributed by atoms with Crippen LogP contribution in [0.1, 0.15) is 19.8 Å². The van der Waals surface area contributed by atoms with E-state index in [2.05, 4.69) is 5.32 Å². The molecule has 1 aliphatic rings. The smallest absolute Gasteiger partial charge is 0.0644 e. The van der Waals surface area contributed by atoms with Gasteiger partial charge < -0.3 is 16.2 Å². The number of piperidine rings is 1. The first-order chi connectivity index (χ1) is 4.71. The predicted octanol–water partition coefficient (Wildman–Crippen LogP) is 0.789. The largest absolute Gasteiger partial charge is 0.680 e. The summed E-state index contributed by atoms with van der Waals surface area (Å²) in [5.41, 5.74) is 5.37. The molecule has 0 unspecified atom stereocenters. The number of aliphatic hydroxyl groups is 1. The maximum Gasteiger partial charge on any atom is 0.0644 e. The molecule has 0 atom stereocenters. The van der Waals surface area contributed by atoms with E-state index in [0.29, 0.717) is 0 Å². The van der Waals surface area contributed by atoms with Crippen LogP contribution in [0.2, 0.25) is 0 Å². The van der Waals surface area contributed by atoms with Gasteiger partial charge in [0.15, 0.2) is 0 Å². The summed E-state index contributed by atoms with van der Waals surface area (Å²) >= 11 is 0. The van der Waals surface area contributed by atoms with Crippen LogP contribution in [0, 0.1) is 31.1 Å². The van der Waals surface area contributed by atoms with Crippen LogP contribution >= 0.6 is 0 Å². The van der Waals surface area contributed by atoms with Gasteiger partial charge in [-0.25, -0.2) is 0 Å². The van der Waals surface area contributed by atoms with Crippen molar-refractivity contribution in [2.45, 2.75) is 25.4 Å². The molecule has 3 N–H and O–H groups in total. The van der Waals surface area contributed by atoms with Gasteiger partial charge in [0.1, 0.15) is 0 Å². The minimum absolute atomic E-state index is 0. The quantitative estimate of drug-likeness (QED) is 0.650. The molecule has 1 aliphatic heterocycles. The molecule has 3 nitrogen and oxygen atoms in total. The van der Waals surface area contributed by atoms with E-state index in [1.54, 1.807) is 0 Å². The second-order valence-corrected chi connectivity index (χ2v) is 2.75. The van der Waals surface area contributed by atoms with E-state index in [0.717, 1.165) is 25.9 Å². The van der Waals surface area contributed by atoms with Gasteiger partial charge in [-0.1, -0.05) is 0 Å². The second kappa shape index (κ2) is 7.57. The molecular formula is C7H17N2OU-. The molecule has 1 heterocycles. The fourth-order valence-electron chi connectivity index (χ4n) is 0.965. The Bertz CT molecular complexity index is 80.5. The fraction of sp³-hybridized carbons (Fsp3) is 1.00. The molecule has 0 amide bonds. The van der Waals surface area contributed by atoms with Crippen LogP contribution in [0.25, 0.3) is 5.73 Å². The molecule has 0 aromatic heterocycles. The van der Waals surface area contributed by atoms with E-state index in [9.17, 15) is 5.11 Å². The van der Waals surface area contributed by atoms with E-state index in [1.165, 1.54) is 7.05 Å². The van der Waals surface area contributed by atoms with Crippen molar-refractivity contribution in [1.82, 2.24) is 5.32 Å². The van der Waals surface area contributed by atoms with E-state index in [1.807, 2.05) is 6.92 Å². The van der Waals surface area contributed by atoms with Gasteiger partial charge in [0, 0.05) is 31.1 Å². The van der Waals surface area contributed by atoms with Gasteiger partial charge in [0.05, 0.1) is 5.60 Å². The van der Waals surface area contributed by atoms with Crippen molar-refractivity contribution in [3.8, 4) is 0 Å². The van der Waals surface area contributed by atoms with Gasteiger partial charge in [0.25, 0.3) is 0 Å². The summed E-state index contributed by atoms with van der Waals surface area (Å²) in [7, 11) is 1.25. The van der Waals surface area contributed by atoms with Gasteiger partial charge in [-0.15, -0.1) is 0 Å². The predicted molar refractivity (Wildman–Crippen MR) is 43.0 cm³/mol. The van der Waals surface area contributed by atoms with E-state index < -0.39 is 0 Å². The molecule has 11 heavy (non-hydrogen) atoms. The summed E-state index contributed by atoms with van der Waals surface area (Å²) in [6, 6.07) is 0. The summed E-state index contributed by atoms with van der Waals surface area (Å²) < 4.78 is 0. The average molecular weight is 383 g/mol. The third-order valence-electron chi connectivity index (χ3n) is 1.68.